The maximum atomic E-state index is 10.8. The van der Waals surface area contributed by atoms with Crippen LogP contribution in [0, 0.1) is 0 Å². The third-order valence-corrected chi connectivity index (χ3v) is 0.708. The van der Waals surface area contributed by atoms with E-state index in [9.17, 15) is 21.6 Å². The molecule has 0 atom stereocenters. The fourth-order valence-electron chi connectivity index (χ4n) is 0.0641. The summed E-state index contributed by atoms with van der Waals surface area (Å²) in [7, 11) is 0. The van der Waals surface area contributed by atoms with Crippen molar-refractivity contribution in [3.05, 3.63) is 10.4 Å². The second-order valence-electron chi connectivity index (χ2n) is 1.15. The van der Waals surface area contributed by atoms with Crippen LogP contribution in [0.5, 0.6) is 0 Å². The van der Waals surface area contributed by atoms with E-state index in [4.69, 9.17) is 5.53 Å². The van der Waals surface area contributed by atoms with E-state index in [0.29, 0.717) is 4.91 Å². The van der Waals surface area contributed by atoms with Crippen molar-refractivity contribution in [1.29, 1.82) is 0 Å². The van der Waals surface area contributed by atoms with Gasteiger partial charge in [0.15, 0.2) is 0 Å². The Kier molecular flexibility index (Phi) is 11.0. The molecule has 0 radical (unpaired) electrons. The van der Waals surface area contributed by atoms with Crippen molar-refractivity contribution in [3.63, 3.8) is 0 Å². The summed E-state index contributed by atoms with van der Waals surface area (Å²) < 4.78 is 64.9. The van der Waals surface area contributed by atoms with Crippen LogP contribution in [0.1, 0.15) is 0 Å². The normalized spacial score (nSPS) is 17.5. The Morgan fingerprint density at radius 3 is 1.08 bits per heavy atom. The average molecular weight is 471 g/mol. The summed E-state index contributed by atoms with van der Waals surface area (Å²) >= 11 is -12.0. The van der Waals surface area contributed by atoms with Gasteiger partial charge in [0.2, 0.25) is 0 Å². The summed E-state index contributed by atoms with van der Waals surface area (Å²) in [6, 6.07) is 0. The molecular formula is F6N3NiRb3. The average Bonchev–Trinajstić information content (AvgIpc) is 1.19. The Morgan fingerprint density at radius 2 is 1.08 bits per heavy atom. The molecule has 0 amide bonds. The molecular weight excluding hydrogens is 471 g/mol. The van der Waals surface area contributed by atoms with Crippen LogP contribution < -0.4 is 175 Å². The van der Waals surface area contributed by atoms with Crippen LogP contribution >= 0.6 is 0 Å². The van der Waals surface area contributed by atoms with E-state index in [2.05, 4.69) is 0 Å². The minimum Gasteiger partial charge on any atom is 1.00 e. The number of azide groups is 1. The number of nitrogens with zero attached hydrogens (tertiary/aromatic N) is 3. The molecule has 0 rings (SSSR count). The first kappa shape index (κ1) is 26.4. The van der Waals surface area contributed by atoms with Gasteiger partial charge in [-0.2, -0.15) is 0 Å². The van der Waals surface area contributed by atoms with Gasteiger partial charge in [0.1, 0.15) is 0 Å². The minimum atomic E-state index is -12.0. The summed E-state index contributed by atoms with van der Waals surface area (Å²) in [5, 5.41) is 0. The second kappa shape index (κ2) is 5.43. The Hall–Kier alpha value is 4.80. The molecule has 0 aliphatic carbocycles. The molecule has 0 unspecified atom stereocenters. The SMILES string of the molecule is [N-]=[N+]=[N][Ni-3]([F])([F])([F])([F])([F])[F].[Rb+].[Rb+].[Rb+]. The number of halogens is 6. The van der Waals surface area contributed by atoms with E-state index in [-0.39, 0.29) is 179 Å². The van der Waals surface area contributed by atoms with Crippen LogP contribution in [0.3, 0.4) is 0 Å². The van der Waals surface area contributed by atoms with Crippen LogP contribution in [0.15, 0.2) is 4.19 Å². The molecule has 0 heterocycles. The zero-order valence-corrected chi connectivity index (χ0v) is 22.7. The van der Waals surface area contributed by atoms with Crippen molar-refractivity contribution in [2.75, 3.05) is 0 Å². The van der Waals surface area contributed by atoms with Crippen LogP contribution in [0.2, 0.25) is 0 Å². The third-order valence-electron chi connectivity index (χ3n) is 0.172. The number of hydrogen-bond donors (Lipinski definition) is 0. The van der Waals surface area contributed by atoms with Gasteiger partial charge in [-0.1, -0.05) is 0 Å². The zero-order valence-electron chi connectivity index (χ0n) is 6.93. The monoisotopic (exact) mass is 469 g/mol. The van der Waals surface area contributed by atoms with E-state index in [0.717, 1.165) is 0 Å². The van der Waals surface area contributed by atoms with Gasteiger partial charge in [0, 0.05) is 0 Å². The first-order chi connectivity index (χ1) is 3.74. The van der Waals surface area contributed by atoms with E-state index >= 15 is 0 Å². The topological polar surface area (TPSA) is 48.8 Å². The summed E-state index contributed by atoms with van der Waals surface area (Å²) in [6.07, 6.45) is 0. The zero-order chi connectivity index (χ0) is 8.79. The van der Waals surface area contributed by atoms with Gasteiger partial charge in [0.25, 0.3) is 0 Å². The van der Waals surface area contributed by atoms with Gasteiger partial charge in [-0.3, -0.25) is 0 Å². The smallest absolute Gasteiger partial charge is 1.00 e. The van der Waals surface area contributed by atoms with Crippen LogP contribution in [-0.2, 0) is 12.2 Å². The van der Waals surface area contributed by atoms with Crippen molar-refractivity contribution >= 4 is 0 Å². The van der Waals surface area contributed by atoms with Crippen molar-refractivity contribution in [1.82, 2.24) is 0 Å². The summed E-state index contributed by atoms with van der Waals surface area (Å²) in [5.41, 5.74) is 6.95. The quantitative estimate of drug-likeness (QED) is 0.121. The van der Waals surface area contributed by atoms with Crippen LogP contribution in [0.25, 0.3) is 10.4 Å². The van der Waals surface area contributed by atoms with Crippen molar-refractivity contribution in [3.8, 4) is 0 Å². The van der Waals surface area contributed by atoms with Gasteiger partial charge in [0.05, 0.1) is 0 Å². The molecule has 0 aliphatic rings. The largest absolute Gasteiger partial charge is 1.00 e. The summed E-state index contributed by atoms with van der Waals surface area (Å²) in [4.78, 5) is 0.653. The predicted molar refractivity (Wildman–Crippen MR) is 15.8 cm³/mol. The molecule has 0 saturated heterocycles. The molecule has 13 heavy (non-hydrogen) atoms. The second-order valence-corrected chi connectivity index (χ2v) is 4.47. The standard InChI is InChI=1S/6FH.N3.Ni.3Rb/c;;;;;;1-3-2;;;;/h6*1H;;;;;/q;;;;;;-1;+4;3*+1/p-6. The van der Waals surface area contributed by atoms with Gasteiger partial charge < -0.3 is 0 Å². The van der Waals surface area contributed by atoms with Gasteiger partial charge in [-0.25, -0.2) is 0 Å². The Bertz CT molecular complexity index is 221. The molecule has 0 N–H and O–H groups in total. The first-order valence-corrected chi connectivity index (χ1v) is 3.94. The number of hydrogen-bond acceptors (Lipinski definition) is 1. The maximum Gasteiger partial charge on any atom is 1.00 e. The van der Waals surface area contributed by atoms with E-state index < -0.39 is 12.2 Å². The van der Waals surface area contributed by atoms with E-state index in [1.165, 1.54) is 0 Å². The van der Waals surface area contributed by atoms with Gasteiger partial charge in [-0.15, -0.1) is 0 Å². The molecule has 0 saturated carbocycles. The molecule has 0 spiro atoms. The van der Waals surface area contributed by atoms with E-state index in [1.807, 2.05) is 0 Å². The fraction of sp³-hybridized carbons (Fsp3) is 0. The van der Waals surface area contributed by atoms with Crippen molar-refractivity contribution in [2.45, 2.75) is 0 Å². The molecule has 0 aliphatic heterocycles. The number of rotatable bonds is 1. The Morgan fingerprint density at radius 1 is 0.846 bits per heavy atom. The van der Waals surface area contributed by atoms with E-state index in [1.54, 1.807) is 0 Å². The fourth-order valence-corrected chi connectivity index (χ4v) is 0.264. The third kappa shape index (κ3) is 26.4. The first-order valence-electron chi connectivity index (χ1n) is 1.26. The Labute approximate surface area is 215 Å². The van der Waals surface area contributed by atoms with Crippen LogP contribution in [-0.4, -0.2) is 0 Å². The minimum absolute atomic E-state index is 0. The molecule has 0 fully saturated rings. The molecule has 0 aromatic carbocycles. The summed E-state index contributed by atoms with van der Waals surface area (Å²) in [5.74, 6) is 0. The van der Waals surface area contributed by atoms with Crippen molar-refractivity contribution < 1.29 is 208 Å². The Balaban J connectivity index is -0.000000135. The molecule has 70 valence electrons. The van der Waals surface area contributed by atoms with Crippen molar-refractivity contribution in [2.24, 2.45) is 4.19 Å². The van der Waals surface area contributed by atoms with Crippen LogP contribution in [0.4, 0.5) is 21.6 Å². The van der Waals surface area contributed by atoms with Gasteiger partial charge in [-0.05, 0) is 0 Å². The maximum absolute atomic E-state index is 12.0. The molecule has 0 aromatic heterocycles. The summed E-state index contributed by atoms with van der Waals surface area (Å²) in [6.45, 7) is 0. The molecule has 13 heteroatoms. The molecule has 0 aromatic rings. The predicted octanol–water partition coefficient (Wildman–Crippen LogP) is -5.71. The van der Waals surface area contributed by atoms with Gasteiger partial charge >= 0.3 is 223 Å². The molecule has 0 bridgehead atoms. The molecule has 3 nitrogen and oxygen atoms in total.